The number of fused-ring (bicyclic) bond motifs is 3. The molecule has 0 saturated carbocycles. The fraction of sp³-hybridized carbons (Fsp3) is 0.292. The molecule has 5 nitrogen and oxygen atoms in total. The van der Waals surface area contributed by atoms with Crippen LogP contribution in [0.25, 0.3) is 22.5 Å². The van der Waals surface area contributed by atoms with E-state index in [-0.39, 0.29) is 36.5 Å². The average Bonchev–Trinajstić information content (AvgIpc) is 3.19. The lowest BCUT2D eigenvalue weighted by molar-refractivity contribution is 0.104. The highest BCUT2D eigenvalue weighted by Gasteiger charge is 2.33. The number of anilines is 1. The van der Waals surface area contributed by atoms with Gasteiger partial charge in [-0.25, -0.2) is 9.97 Å². The van der Waals surface area contributed by atoms with E-state index in [1.165, 1.54) is 18.4 Å². The van der Waals surface area contributed by atoms with Gasteiger partial charge in [0.2, 0.25) is 5.95 Å². The quantitative estimate of drug-likeness (QED) is 0.461. The van der Waals surface area contributed by atoms with Gasteiger partial charge in [-0.15, -0.1) is 24.8 Å². The van der Waals surface area contributed by atoms with Crippen LogP contribution in [0.2, 0.25) is 0 Å². The molecule has 7 heteroatoms. The first-order valence-electron chi connectivity index (χ1n) is 10.2. The number of nitrogens with zero attached hydrogens (tertiary/aromatic N) is 3. The second-order valence-electron chi connectivity index (χ2n) is 8.18. The highest BCUT2D eigenvalue weighted by Crippen LogP contribution is 2.41. The lowest BCUT2D eigenvalue weighted by Crippen LogP contribution is -2.32. The molecule has 2 atom stereocenters. The van der Waals surface area contributed by atoms with Gasteiger partial charge in [0.1, 0.15) is 0 Å². The van der Waals surface area contributed by atoms with E-state index in [0.29, 0.717) is 34.6 Å². The minimum absolute atomic E-state index is 0. The zero-order valence-electron chi connectivity index (χ0n) is 17.5. The molecule has 31 heavy (non-hydrogen) atoms. The van der Waals surface area contributed by atoms with Gasteiger partial charge < -0.3 is 5.73 Å². The standard InChI is InChI=1S/C24H24N4O.2ClH/c1-14-8-9-15(2)28(14)13-16-10-11-18-19(12-16)22-20(23(18)29)21(26-24(25)27-22)17-6-4-3-5-7-17;;/h3-7,10-12,14-15H,8-9,13H2,1-2H3,(H2,25,26,27);2*1H. The van der Waals surface area contributed by atoms with Crippen molar-refractivity contribution in [2.45, 2.75) is 45.3 Å². The molecule has 2 aliphatic rings. The number of likely N-dealkylation sites (tertiary alicyclic amines) is 1. The number of carbonyl (C=O) groups is 1. The van der Waals surface area contributed by atoms with Crippen molar-refractivity contribution < 1.29 is 4.79 Å². The summed E-state index contributed by atoms with van der Waals surface area (Å²) < 4.78 is 0. The Morgan fingerprint density at radius 2 is 1.58 bits per heavy atom. The Morgan fingerprint density at radius 1 is 0.935 bits per heavy atom. The second-order valence-corrected chi connectivity index (χ2v) is 8.18. The van der Waals surface area contributed by atoms with Gasteiger partial charge in [0.15, 0.2) is 5.78 Å². The van der Waals surface area contributed by atoms with Crippen LogP contribution < -0.4 is 5.73 Å². The normalized spacial score (nSPS) is 19.4. The number of ketones is 1. The van der Waals surface area contributed by atoms with Crippen molar-refractivity contribution in [1.29, 1.82) is 0 Å². The van der Waals surface area contributed by atoms with Crippen LogP contribution in [0.5, 0.6) is 0 Å². The first-order valence-corrected chi connectivity index (χ1v) is 10.2. The minimum atomic E-state index is -0.0247. The Kier molecular flexibility index (Phi) is 6.70. The van der Waals surface area contributed by atoms with Gasteiger partial charge >= 0.3 is 0 Å². The zero-order valence-corrected chi connectivity index (χ0v) is 19.2. The summed E-state index contributed by atoms with van der Waals surface area (Å²) in [5.41, 5.74) is 11.5. The van der Waals surface area contributed by atoms with Gasteiger partial charge in [0.25, 0.3) is 0 Å². The number of halogens is 2. The summed E-state index contributed by atoms with van der Waals surface area (Å²) in [7, 11) is 0. The van der Waals surface area contributed by atoms with Crippen molar-refractivity contribution >= 4 is 36.5 Å². The Balaban J connectivity index is 0.00000136. The SMILES string of the molecule is CC1CCC(C)N1Cc1ccc2c(c1)-c1nc(N)nc(-c3ccccc3)c1C2=O.Cl.Cl. The first-order chi connectivity index (χ1) is 14.0. The Labute approximate surface area is 194 Å². The molecule has 2 unspecified atom stereocenters. The molecule has 162 valence electrons. The van der Waals surface area contributed by atoms with Crippen LogP contribution >= 0.6 is 24.8 Å². The van der Waals surface area contributed by atoms with E-state index in [1.54, 1.807) is 0 Å². The topological polar surface area (TPSA) is 72.1 Å². The third kappa shape index (κ3) is 3.93. The van der Waals surface area contributed by atoms with E-state index in [0.717, 1.165) is 17.7 Å². The number of nitrogens with two attached hydrogens (primary N) is 1. The third-order valence-electron chi connectivity index (χ3n) is 6.28. The van der Waals surface area contributed by atoms with Crippen molar-refractivity contribution in [3.63, 3.8) is 0 Å². The maximum atomic E-state index is 13.2. The third-order valence-corrected chi connectivity index (χ3v) is 6.28. The molecule has 0 amide bonds. The van der Waals surface area contributed by atoms with E-state index < -0.39 is 0 Å². The van der Waals surface area contributed by atoms with Crippen LogP contribution in [0.1, 0.15) is 48.2 Å². The number of nitrogen functional groups attached to an aromatic ring is 1. The van der Waals surface area contributed by atoms with Crippen molar-refractivity contribution in [2.75, 3.05) is 5.73 Å². The molecule has 2 aromatic carbocycles. The molecule has 0 radical (unpaired) electrons. The lowest BCUT2D eigenvalue weighted by Gasteiger charge is -2.26. The summed E-state index contributed by atoms with van der Waals surface area (Å²) in [5, 5.41) is 0. The van der Waals surface area contributed by atoms with Crippen LogP contribution in [0.3, 0.4) is 0 Å². The summed E-state index contributed by atoms with van der Waals surface area (Å²) in [4.78, 5) is 24.6. The number of carbonyl (C=O) groups excluding carboxylic acids is 1. The van der Waals surface area contributed by atoms with Crippen LogP contribution in [0, 0.1) is 0 Å². The van der Waals surface area contributed by atoms with Crippen LogP contribution in [0.4, 0.5) is 5.95 Å². The number of aromatic nitrogens is 2. The van der Waals surface area contributed by atoms with E-state index in [9.17, 15) is 4.79 Å². The molecule has 1 aliphatic carbocycles. The van der Waals surface area contributed by atoms with Crippen molar-refractivity contribution in [1.82, 2.24) is 14.9 Å². The molecule has 3 aromatic rings. The molecule has 0 spiro atoms. The largest absolute Gasteiger partial charge is 0.368 e. The molecule has 0 bridgehead atoms. The average molecular weight is 457 g/mol. The highest BCUT2D eigenvalue weighted by molar-refractivity contribution is 6.23. The van der Waals surface area contributed by atoms with Crippen molar-refractivity contribution in [2.24, 2.45) is 0 Å². The monoisotopic (exact) mass is 456 g/mol. The molecule has 1 aromatic heterocycles. The van der Waals surface area contributed by atoms with Gasteiger partial charge in [0.05, 0.1) is 17.0 Å². The van der Waals surface area contributed by atoms with Crippen molar-refractivity contribution in [3.05, 3.63) is 65.2 Å². The highest BCUT2D eigenvalue weighted by atomic mass is 35.5. The molecule has 2 heterocycles. The fourth-order valence-electron chi connectivity index (χ4n) is 4.68. The first kappa shape index (κ1) is 23.2. The fourth-order valence-corrected chi connectivity index (χ4v) is 4.68. The van der Waals surface area contributed by atoms with E-state index in [1.807, 2.05) is 36.4 Å². The zero-order chi connectivity index (χ0) is 20.1. The number of hydrogen-bond donors (Lipinski definition) is 1. The Bertz CT molecular complexity index is 1110. The summed E-state index contributed by atoms with van der Waals surface area (Å²) in [5.74, 6) is 0.166. The predicted molar refractivity (Wildman–Crippen MR) is 129 cm³/mol. The summed E-state index contributed by atoms with van der Waals surface area (Å²) in [6.45, 7) is 5.46. The molecule has 5 rings (SSSR count). The van der Waals surface area contributed by atoms with Gasteiger partial charge in [-0.3, -0.25) is 9.69 Å². The lowest BCUT2D eigenvalue weighted by atomic mass is 10.0. The maximum Gasteiger partial charge on any atom is 0.221 e. The molecule has 1 fully saturated rings. The number of hydrogen-bond acceptors (Lipinski definition) is 5. The van der Waals surface area contributed by atoms with Gasteiger partial charge in [0, 0.05) is 35.3 Å². The van der Waals surface area contributed by atoms with Crippen LogP contribution in [-0.2, 0) is 6.54 Å². The molecular weight excluding hydrogens is 431 g/mol. The van der Waals surface area contributed by atoms with Gasteiger partial charge in [-0.05, 0) is 38.3 Å². The van der Waals surface area contributed by atoms with Crippen molar-refractivity contribution in [3.8, 4) is 22.5 Å². The maximum absolute atomic E-state index is 13.2. The van der Waals surface area contributed by atoms with E-state index >= 15 is 0 Å². The number of benzene rings is 2. The molecule has 1 aliphatic heterocycles. The summed E-state index contributed by atoms with van der Waals surface area (Å²) in [6.07, 6.45) is 2.47. The second kappa shape index (κ2) is 8.95. The Hall–Kier alpha value is -2.47. The molecule has 1 saturated heterocycles. The van der Waals surface area contributed by atoms with Gasteiger partial charge in [-0.1, -0.05) is 42.5 Å². The van der Waals surface area contributed by atoms with E-state index in [2.05, 4.69) is 40.8 Å². The smallest absolute Gasteiger partial charge is 0.221 e. The van der Waals surface area contributed by atoms with Crippen LogP contribution in [-0.4, -0.2) is 32.7 Å². The predicted octanol–water partition coefficient (Wildman–Crippen LogP) is 5.15. The Morgan fingerprint density at radius 3 is 2.26 bits per heavy atom. The minimum Gasteiger partial charge on any atom is -0.368 e. The van der Waals surface area contributed by atoms with Crippen LogP contribution in [0.15, 0.2) is 48.5 Å². The number of rotatable bonds is 3. The van der Waals surface area contributed by atoms with Gasteiger partial charge in [-0.2, -0.15) is 0 Å². The summed E-state index contributed by atoms with van der Waals surface area (Å²) in [6, 6.07) is 17.0. The summed E-state index contributed by atoms with van der Waals surface area (Å²) >= 11 is 0. The molecular formula is C24H26Cl2N4O. The van der Waals surface area contributed by atoms with E-state index in [4.69, 9.17) is 5.73 Å². The molecule has 2 N–H and O–H groups in total.